The van der Waals surface area contributed by atoms with E-state index in [1.807, 2.05) is 0 Å². The summed E-state index contributed by atoms with van der Waals surface area (Å²) < 4.78 is 0. The quantitative estimate of drug-likeness (QED) is 0.772. The molecule has 1 heterocycles. The zero-order valence-corrected chi connectivity index (χ0v) is 8.53. The Morgan fingerprint density at radius 2 is 2.14 bits per heavy atom. The molecule has 1 N–H and O–H groups in total. The number of benzene rings is 1. The summed E-state index contributed by atoms with van der Waals surface area (Å²) in [4.78, 5) is 4.41. The van der Waals surface area contributed by atoms with E-state index in [0.29, 0.717) is 5.92 Å². The van der Waals surface area contributed by atoms with Gasteiger partial charge in [0.2, 0.25) is 0 Å². The van der Waals surface area contributed by atoms with Gasteiger partial charge in [0.1, 0.15) is 0 Å². The molecule has 1 aliphatic heterocycles. The molecular formula is C12H16N2. The third kappa shape index (κ3) is 2.13. The van der Waals surface area contributed by atoms with Crippen molar-refractivity contribution in [1.29, 1.82) is 0 Å². The van der Waals surface area contributed by atoms with Crippen molar-refractivity contribution in [2.45, 2.75) is 19.3 Å². The number of hydrogen-bond donors (Lipinski definition) is 1. The Balaban J connectivity index is 1.99. The van der Waals surface area contributed by atoms with Gasteiger partial charge in [-0.1, -0.05) is 37.3 Å². The van der Waals surface area contributed by atoms with E-state index < -0.39 is 0 Å². The van der Waals surface area contributed by atoms with Crippen molar-refractivity contribution in [3.05, 3.63) is 35.9 Å². The lowest BCUT2D eigenvalue weighted by Gasteiger charge is -2.11. The first-order chi connectivity index (χ1) is 6.86. The molecule has 0 aromatic heterocycles. The molecule has 0 saturated carbocycles. The van der Waals surface area contributed by atoms with Gasteiger partial charge in [0.15, 0.2) is 0 Å². The SMILES string of the molecule is C[C@H](CC1=NCCN1)c1ccccc1. The minimum Gasteiger partial charge on any atom is -0.372 e. The molecule has 0 bridgehead atoms. The van der Waals surface area contributed by atoms with Crippen LogP contribution >= 0.6 is 0 Å². The predicted molar refractivity (Wildman–Crippen MR) is 59.8 cm³/mol. The highest BCUT2D eigenvalue weighted by Gasteiger charge is 2.11. The van der Waals surface area contributed by atoms with Crippen LogP contribution in [0.4, 0.5) is 0 Å². The minimum atomic E-state index is 0.556. The van der Waals surface area contributed by atoms with Crippen LogP contribution in [0.1, 0.15) is 24.8 Å². The van der Waals surface area contributed by atoms with Gasteiger partial charge in [-0.25, -0.2) is 0 Å². The van der Waals surface area contributed by atoms with Crippen molar-refractivity contribution >= 4 is 5.84 Å². The fourth-order valence-corrected chi connectivity index (χ4v) is 1.77. The van der Waals surface area contributed by atoms with E-state index in [-0.39, 0.29) is 0 Å². The molecule has 0 amide bonds. The summed E-state index contributed by atoms with van der Waals surface area (Å²) in [5.74, 6) is 1.72. The summed E-state index contributed by atoms with van der Waals surface area (Å²) in [5, 5.41) is 3.31. The number of hydrogen-bond acceptors (Lipinski definition) is 2. The van der Waals surface area contributed by atoms with E-state index in [2.05, 4.69) is 47.6 Å². The van der Waals surface area contributed by atoms with Crippen LogP contribution in [0.2, 0.25) is 0 Å². The lowest BCUT2D eigenvalue weighted by atomic mass is 9.97. The lowest BCUT2D eigenvalue weighted by molar-refractivity contribution is 0.789. The Labute approximate surface area is 85.1 Å². The average Bonchev–Trinajstić information content (AvgIpc) is 2.72. The van der Waals surface area contributed by atoms with Crippen LogP contribution in [0.15, 0.2) is 35.3 Å². The third-order valence-corrected chi connectivity index (χ3v) is 2.61. The molecule has 2 nitrogen and oxygen atoms in total. The van der Waals surface area contributed by atoms with Crippen LogP contribution in [0.5, 0.6) is 0 Å². The maximum atomic E-state index is 4.41. The number of rotatable bonds is 3. The van der Waals surface area contributed by atoms with Crippen LogP contribution in [-0.4, -0.2) is 18.9 Å². The van der Waals surface area contributed by atoms with Crippen molar-refractivity contribution in [3.8, 4) is 0 Å². The highest BCUT2D eigenvalue weighted by Crippen LogP contribution is 2.18. The second-order valence-electron chi connectivity index (χ2n) is 3.77. The van der Waals surface area contributed by atoms with Gasteiger partial charge in [0.25, 0.3) is 0 Å². The van der Waals surface area contributed by atoms with Gasteiger partial charge in [-0.2, -0.15) is 0 Å². The van der Waals surface area contributed by atoms with E-state index in [4.69, 9.17) is 0 Å². The van der Waals surface area contributed by atoms with Gasteiger partial charge < -0.3 is 5.32 Å². The largest absolute Gasteiger partial charge is 0.372 e. The van der Waals surface area contributed by atoms with Crippen LogP contribution in [0, 0.1) is 0 Å². The Hall–Kier alpha value is -1.31. The summed E-state index contributed by atoms with van der Waals surface area (Å²) in [7, 11) is 0. The fraction of sp³-hybridized carbons (Fsp3) is 0.417. The first-order valence-electron chi connectivity index (χ1n) is 5.18. The maximum Gasteiger partial charge on any atom is 0.0970 e. The monoisotopic (exact) mass is 188 g/mol. The van der Waals surface area contributed by atoms with Crippen molar-refractivity contribution < 1.29 is 0 Å². The Morgan fingerprint density at radius 3 is 2.79 bits per heavy atom. The molecule has 14 heavy (non-hydrogen) atoms. The predicted octanol–water partition coefficient (Wildman–Crippen LogP) is 2.18. The molecule has 74 valence electrons. The summed E-state index contributed by atoms with van der Waals surface area (Å²) in [6.07, 6.45) is 1.03. The molecule has 1 aliphatic rings. The van der Waals surface area contributed by atoms with Crippen molar-refractivity contribution in [1.82, 2.24) is 5.32 Å². The normalized spacial score (nSPS) is 17.4. The summed E-state index contributed by atoms with van der Waals surface area (Å²) in [6.45, 7) is 4.20. The second kappa shape index (κ2) is 4.27. The first-order valence-corrected chi connectivity index (χ1v) is 5.18. The van der Waals surface area contributed by atoms with Crippen LogP contribution < -0.4 is 5.32 Å². The van der Waals surface area contributed by atoms with E-state index in [9.17, 15) is 0 Å². The van der Waals surface area contributed by atoms with Gasteiger partial charge in [-0.05, 0) is 11.5 Å². The van der Waals surface area contributed by atoms with E-state index in [1.54, 1.807) is 0 Å². The van der Waals surface area contributed by atoms with E-state index in [0.717, 1.165) is 19.5 Å². The second-order valence-corrected chi connectivity index (χ2v) is 3.77. The van der Waals surface area contributed by atoms with Gasteiger partial charge in [0.05, 0.1) is 12.4 Å². The Bertz CT molecular complexity index is 316. The third-order valence-electron chi connectivity index (χ3n) is 2.61. The standard InChI is InChI=1S/C12H16N2/c1-10(9-12-13-7-8-14-12)11-5-3-2-4-6-11/h2-6,10H,7-9H2,1H3,(H,13,14)/t10-/m1/s1. The molecule has 1 aromatic carbocycles. The van der Waals surface area contributed by atoms with Crippen molar-refractivity contribution in [3.63, 3.8) is 0 Å². The van der Waals surface area contributed by atoms with Crippen molar-refractivity contribution in [2.75, 3.05) is 13.1 Å². The zero-order chi connectivity index (χ0) is 9.80. The summed E-state index contributed by atoms with van der Waals surface area (Å²) in [6, 6.07) is 10.6. The molecule has 0 spiro atoms. The molecule has 0 aliphatic carbocycles. The first kappa shape index (κ1) is 9.25. The Morgan fingerprint density at radius 1 is 1.36 bits per heavy atom. The van der Waals surface area contributed by atoms with Crippen molar-refractivity contribution in [2.24, 2.45) is 4.99 Å². The number of amidine groups is 1. The van der Waals surface area contributed by atoms with Gasteiger partial charge in [-0.3, -0.25) is 4.99 Å². The maximum absolute atomic E-state index is 4.41. The number of nitrogens with zero attached hydrogens (tertiary/aromatic N) is 1. The molecule has 0 fully saturated rings. The van der Waals surface area contributed by atoms with Crippen LogP contribution in [0.25, 0.3) is 0 Å². The molecule has 1 aromatic rings. The fourth-order valence-electron chi connectivity index (χ4n) is 1.77. The van der Waals surface area contributed by atoms with Gasteiger partial charge >= 0.3 is 0 Å². The zero-order valence-electron chi connectivity index (χ0n) is 8.53. The van der Waals surface area contributed by atoms with E-state index >= 15 is 0 Å². The summed E-state index contributed by atoms with van der Waals surface area (Å²) >= 11 is 0. The molecule has 2 rings (SSSR count). The average molecular weight is 188 g/mol. The highest BCUT2D eigenvalue weighted by molar-refractivity contribution is 5.84. The minimum absolute atomic E-state index is 0.556. The molecule has 1 atom stereocenters. The summed E-state index contributed by atoms with van der Waals surface area (Å²) in [5.41, 5.74) is 1.39. The molecule has 2 heteroatoms. The smallest absolute Gasteiger partial charge is 0.0970 e. The van der Waals surface area contributed by atoms with E-state index in [1.165, 1.54) is 11.4 Å². The Kier molecular flexibility index (Phi) is 2.82. The lowest BCUT2D eigenvalue weighted by Crippen LogP contribution is -2.20. The van der Waals surface area contributed by atoms with Gasteiger partial charge in [0, 0.05) is 13.0 Å². The number of aliphatic imine (C=N–C) groups is 1. The number of nitrogens with one attached hydrogen (secondary N) is 1. The molecular weight excluding hydrogens is 172 g/mol. The molecule has 0 unspecified atom stereocenters. The van der Waals surface area contributed by atoms with Crippen LogP contribution in [0.3, 0.4) is 0 Å². The molecule has 0 saturated heterocycles. The van der Waals surface area contributed by atoms with Gasteiger partial charge in [-0.15, -0.1) is 0 Å². The topological polar surface area (TPSA) is 24.4 Å². The van der Waals surface area contributed by atoms with Crippen LogP contribution in [-0.2, 0) is 0 Å². The highest BCUT2D eigenvalue weighted by atomic mass is 15.1. The molecule has 0 radical (unpaired) electrons.